The van der Waals surface area contributed by atoms with Crippen LogP contribution in [0.4, 0.5) is 4.79 Å². The van der Waals surface area contributed by atoms with Crippen molar-refractivity contribution in [2.75, 3.05) is 6.54 Å². The Labute approximate surface area is 105 Å². The number of carboxylic acids is 1. The van der Waals surface area contributed by atoms with E-state index < -0.39 is 23.4 Å². The number of carboxylic acid groups (broad SMARTS) is 1. The summed E-state index contributed by atoms with van der Waals surface area (Å²) in [7, 11) is 0. The SMILES string of the molecule is NC(=O)CNC(=O)NC1(CC(=O)O)CCCCC1. The van der Waals surface area contributed by atoms with Gasteiger partial charge in [-0.05, 0) is 12.8 Å². The average molecular weight is 257 g/mol. The Morgan fingerprint density at radius 3 is 2.28 bits per heavy atom. The molecular formula is C11H19N3O4. The number of aliphatic carboxylic acids is 1. The fraction of sp³-hybridized carbons (Fsp3) is 0.727. The highest BCUT2D eigenvalue weighted by Crippen LogP contribution is 2.31. The van der Waals surface area contributed by atoms with Gasteiger partial charge in [-0.2, -0.15) is 0 Å². The minimum atomic E-state index is -0.938. The average Bonchev–Trinajstić information content (AvgIpc) is 2.26. The second kappa shape index (κ2) is 6.23. The maximum absolute atomic E-state index is 11.6. The molecule has 1 fully saturated rings. The third-order valence-corrected chi connectivity index (χ3v) is 3.10. The Bertz CT molecular complexity index is 337. The lowest BCUT2D eigenvalue weighted by molar-refractivity contribution is -0.139. The van der Waals surface area contributed by atoms with E-state index in [-0.39, 0.29) is 13.0 Å². The molecule has 0 unspecified atom stereocenters. The molecule has 3 amide bonds. The molecule has 1 saturated carbocycles. The summed E-state index contributed by atoms with van der Waals surface area (Å²) in [6, 6.07) is -0.544. The van der Waals surface area contributed by atoms with E-state index >= 15 is 0 Å². The molecule has 1 rings (SSSR count). The predicted octanol–water partition coefficient (Wildman–Crippen LogP) is -0.0515. The molecule has 0 spiro atoms. The Morgan fingerprint density at radius 2 is 1.78 bits per heavy atom. The van der Waals surface area contributed by atoms with Crippen LogP contribution in [0.15, 0.2) is 0 Å². The van der Waals surface area contributed by atoms with Gasteiger partial charge in [0.2, 0.25) is 5.91 Å². The standard InChI is InChI=1S/C11H19N3O4/c12-8(15)7-13-10(18)14-11(6-9(16)17)4-2-1-3-5-11/h1-7H2,(H2,12,15)(H,16,17)(H2,13,14,18). The van der Waals surface area contributed by atoms with Crippen molar-refractivity contribution in [1.29, 1.82) is 0 Å². The summed E-state index contributed by atoms with van der Waals surface area (Å²) in [5.74, 6) is -1.58. The second-order valence-electron chi connectivity index (χ2n) is 4.69. The van der Waals surface area contributed by atoms with E-state index in [2.05, 4.69) is 10.6 Å². The molecule has 0 heterocycles. The summed E-state index contributed by atoms with van der Waals surface area (Å²) in [4.78, 5) is 33.0. The number of primary amides is 1. The van der Waals surface area contributed by atoms with Crippen LogP contribution in [-0.2, 0) is 9.59 Å². The summed E-state index contributed by atoms with van der Waals surface area (Å²) in [5.41, 5.74) is 4.21. The van der Waals surface area contributed by atoms with Crippen LogP contribution in [0.25, 0.3) is 0 Å². The van der Waals surface area contributed by atoms with Crippen LogP contribution < -0.4 is 16.4 Å². The first-order chi connectivity index (χ1) is 8.43. The predicted molar refractivity (Wildman–Crippen MR) is 63.8 cm³/mol. The van der Waals surface area contributed by atoms with Crippen molar-refractivity contribution < 1.29 is 19.5 Å². The zero-order valence-electron chi connectivity index (χ0n) is 10.2. The topological polar surface area (TPSA) is 122 Å². The number of nitrogens with two attached hydrogens (primary N) is 1. The molecule has 0 aromatic rings. The van der Waals surface area contributed by atoms with Crippen LogP contribution in [0.1, 0.15) is 38.5 Å². The van der Waals surface area contributed by atoms with E-state index in [1.54, 1.807) is 0 Å². The van der Waals surface area contributed by atoms with Crippen LogP contribution in [0.3, 0.4) is 0 Å². The van der Waals surface area contributed by atoms with Crippen molar-refractivity contribution in [3.05, 3.63) is 0 Å². The van der Waals surface area contributed by atoms with Crippen molar-refractivity contribution in [3.8, 4) is 0 Å². The molecule has 0 aromatic carbocycles. The lowest BCUT2D eigenvalue weighted by Crippen LogP contribution is -2.55. The van der Waals surface area contributed by atoms with Gasteiger partial charge in [0.05, 0.1) is 18.5 Å². The molecule has 7 nitrogen and oxygen atoms in total. The third kappa shape index (κ3) is 4.60. The smallest absolute Gasteiger partial charge is 0.315 e. The first-order valence-electron chi connectivity index (χ1n) is 6.00. The number of urea groups is 1. The van der Waals surface area contributed by atoms with Gasteiger partial charge in [0.1, 0.15) is 0 Å². The summed E-state index contributed by atoms with van der Waals surface area (Å²) >= 11 is 0. The summed E-state index contributed by atoms with van der Waals surface area (Å²) < 4.78 is 0. The van der Waals surface area contributed by atoms with Crippen molar-refractivity contribution in [2.45, 2.75) is 44.1 Å². The van der Waals surface area contributed by atoms with E-state index in [9.17, 15) is 14.4 Å². The highest BCUT2D eigenvalue weighted by molar-refractivity contribution is 5.83. The van der Waals surface area contributed by atoms with Crippen molar-refractivity contribution in [1.82, 2.24) is 10.6 Å². The molecule has 0 aliphatic heterocycles. The van der Waals surface area contributed by atoms with Crippen molar-refractivity contribution in [2.24, 2.45) is 5.73 Å². The van der Waals surface area contributed by atoms with Gasteiger partial charge in [0.15, 0.2) is 0 Å². The van der Waals surface area contributed by atoms with E-state index in [0.717, 1.165) is 19.3 Å². The second-order valence-corrected chi connectivity index (χ2v) is 4.69. The molecule has 102 valence electrons. The van der Waals surface area contributed by atoms with Crippen LogP contribution in [-0.4, -0.2) is 35.1 Å². The van der Waals surface area contributed by atoms with E-state index in [1.807, 2.05) is 0 Å². The molecular weight excluding hydrogens is 238 g/mol. The number of amides is 3. The van der Waals surface area contributed by atoms with Crippen LogP contribution in [0.2, 0.25) is 0 Å². The highest BCUT2D eigenvalue weighted by Gasteiger charge is 2.35. The third-order valence-electron chi connectivity index (χ3n) is 3.10. The van der Waals surface area contributed by atoms with Crippen LogP contribution in [0, 0.1) is 0 Å². The molecule has 0 atom stereocenters. The number of nitrogens with one attached hydrogen (secondary N) is 2. The fourth-order valence-corrected chi connectivity index (χ4v) is 2.32. The normalized spacial score (nSPS) is 17.8. The molecule has 5 N–H and O–H groups in total. The van der Waals surface area contributed by atoms with Gasteiger partial charge in [0.25, 0.3) is 0 Å². The Balaban J connectivity index is 2.57. The lowest BCUT2D eigenvalue weighted by Gasteiger charge is -2.36. The Hall–Kier alpha value is -1.79. The zero-order valence-corrected chi connectivity index (χ0v) is 10.2. The van der Waals surface area contributed by atoms with Gasteiger partial charge >= 0.3 is 12.0 Å². The maximum atomic E-state index is 11.6. The molecule has 18 heavy (non-hydrogen) atoms. The lowest BCUT2D eigenvalue weighted by atomic mass is 9.79. The van der Waals surface area contributed by atoms with Gasteiger partial charge in [-0.15, -0.1) is 0 Å². The zero-order chi connectivity index (χ0) is 13.6. The number of carbonyl (C=O) groups is 3. The highest BCUT2D eigenvalue weighted by atomic mass is 16.4. The summed E-state index contributed by atoms with van der Waals surface area (Å²) in [5, 5.41) is 13.9. The quantitative estimate of drug-likeness (QED) is 0.551. The van der Waals surface area contributed by atoms with Crippen molar-refractivity contribution >= 4 is 17.9 Å². The van der Waals surface area contributed by atoms with Gasteiger partial charge in [-0.1, -0.05) is 19.3 Å². The Kier molecular flexibility index (Phi) is 4.94. The first kappa shape index (κ1) is 14.3. The van der Waals surface area contributed by atoms with Gasteiger partial charge < -0.3 is 21.5 Å². The largest absolute Gasteiger partial charge is 0.481 e. The fourth-order valence-electron chi connectivity index (χ4n) is 2.32. The molecule has 0 radical (unpaired) electrons. The van der Waals surface area contributed by atoms with Gasteiger partial charge in [-0.25, -0.2) is 4.79 Å². The molecule has 1 aliphatic rings. The summed E-state index contributed by atoms with van der Waals surface area (Å²) in [6.07, 6.45) is 4.02. The number of carbonyl (C=O) groups excluding carboxylic acids is 2. The van der Waals surface area contributed by atoms with Crippen molar-refractivity contribution in [3.63, 3.8) is 0 Å². The maximum Gasteiger partial charge on any atom is 0.315 e. The van der Waals surface area contributed by atoms with E-state index in [0.29, 0.717) is 12.8 Å². The number of hydrogen-bond donors (Lipinski definition) is 4. The molecule has 0 aromatic heterocycles. The van der Waals surface area contributed by atoms with Gasteiger partial charge in [-0.3, -0.25) is 9.59 Å². The molecule has 0 bridgehead atoms. The first-order valence-corrected chi connectivity index (χ1v) is 6.00. The van der Waals surface area contributed by atoms with E-state index in [1.165, 1.54) is 0 Å². The molecule has 1 aliphatic carbocycles. The minimum absolute atomic E-state index is 0.100. The summed E-state index contributed by atoms with van der Waals surface area (Å²) in [6.45, 7) is -0.255. The number of rotatable bonds is 5. The van der Waals surface area contributed by atoms with Gasteiger partial charge in [0, 0.05) is 0 Å². The van der Waals surface area contributed by atoms with Crippen LogP contribution in [0.5, 0.6) is 0 Å². The number of hydrogen-bond acceptors (Lipinski definition) is 3. The van der Waals surface area contributed by atoms with Crippen LogP contribution >= 0.6 is 0 Å². The Morgan fingerprint density at radius 1 is 1.17 bits per heavy atom. The molecule has 7 heteroatoms. The minimum Gasteiger partial charge on any atom is -0.481 e. The monoisotopic (exact) mass is 257 g/mol. The van der Waals surface area contributed by atoms with E-state index in [4.69, 9.17) is 10.8 Å². The molecule has 0 saturated heterocycles.